The molecule has 1 fully saturated rings. The molecular formula is C14H21NO3. The molecule has 1 atom stereocenters. The molecule has 0 unspecified atom stereocenters. The Kier molecular flexibility index (Phi) is 3.76. The molecule has 1 aromatic rings. The van der Waals surface area contributed by atoms with Crippen LogP contribution in [0, 0.1) is 12.8 Å². The maximum atomic E-state index is 11.5. The van der Waals surface area contributed by atoms with Crippen molar-refractivity contribution >= 4 is 5.97 Å². The maximum absolute atomic E-state index is 11.5. The van der Waals surface area contributed by atoms with Crippen LogP contribution >= 0.6 is 0 Å². The molecule has 0 spiro atoms. The molecule has 100 valence electrons. The van der Waals surface area contributed by atoms with Crippen LogP contribution in [0.3, 0.4) is 0 Å². The van der Waals surface area contributed by atoms with E-state index in [-0.39, 0.29) is 0 Å². The molecule has 0 aromatic carbocycles. The molecule has 1 aliphatic carbocycles. The lowest BCUT2D eigenvalue weighted by molar-refractivity contribution is 0.0559. The van der Waals surface area contributed by atoms with Crippen molar-refractivity contribution in [2.24, 2.45) is 5.92 Å². The molecule has 0 saturated heterocycles. The van der Waals surface area contributed by atoms with Crippen molar-refractivity contribution < 1.29 is 13.9 Å². The van der Waals surface area contributed by atoms with Gasteiger partial charge in [-0.3, -0.25) is 4.90 Å². The van der Waals surface area contributed by atoms with Crippen molar-refractivity contribution in [3.63, 3.8) is 0 Å². The number of hydrogen-bond donors (Lipinski definition) is 0. The number of hydrogen-bond acceptors (Lipinski definition) is 4. The third kappa shape index (κ3) is 2.75. The summed E-state index contributed by atoms with van der Waals surface area (Å²) in [5.41, 5.74) is 0.837. The summed E-state index contributed by atoms with van der Waals surface area (Å²) in [7, 11) is 3.46. The zero-order valence-corrected chi connectivity index (χ0v) is 11.5. The minimum atomic E-state index is -0.406. The summed E-state index contributed by atoms with van der Waals surface area (Å²) in [6.45, 7) is 4.84. The first-order chi connectivity index (χ1) is 8.52. The molecule has 4 nitrogen and oxygen atoms in total. The number of methoxy groups -OCH3 is 1. The molecule has 0 N–H and O–H groups in total. The largest absolute Gasteiger partial charge is 0.463 e. The van der Waals surface area contributed by atoms with Gasteiger partial charge >= 0.3 is 5.97 Å². The highest BCUT2D eigenvalue weighted by molar-refractivity contribution is 5.87. The fraction of sp³-hybridized carbons (Fsp3) is 0.643. The number of aryl methyl sites for hydroxylation is 1. The van der Waals surface area contributed by atoms with Crippen LogP contribution in [0.25, 0.3) is 0 Å². The van der Waals surface area contributed by atoms with Gasteiger partial charge in [-0.1, -0.05) is 0 Å². The number of esters is 1. The monoisotopic (exact) mass is 251 g/mol. The van der Waals surface area contributed by atoms with Gasteiger partial charge < -0.3 is 9.15 Å². The molecule has 2 rings (SSSR count). The van der Waals surface area contributed by atoms with Gasteiger partial charge in [0.05, 0.1) is 13.7 Å². The summed E-state index contributed by atoms with van der Waals surface area (Å²) in [6, 6.07) is 2.49. The van der Waals surface area contributed by atoms with E-state index >= 15 is 0 Å². The Morgan fingerprint density at radius 1 is 1.61 bits per heavy atom. The van der Waals surface area contributed by atoms with Gasteiger partial charge in [-0.15, -0.1) is 0 Å². The average molecular weight is 251 g/mol. The minimum Gasteiger partial charge on any atom is -0.463 e. The van der Waals surface area contributed by atoms with Crippen molar-refractivity contribution in [3.05, 3.63) is 23.2 Å². The van der Waals surface area contributed by atoms with Crippen LogP contribution in [0.4, 0.5) is 0 Å². The van der Waals surface area contributed by atoms with E-state index in [1.54, 1.807) is 0 Å². The van der Waals surface area contributed by atoms with Crippen LogP contribution in [-0.4, -0.2) is 31.1 Å². The third-order valence-electron chi connectivity index (χ3n) is 3.74. The SMILES string of the molecule is COC(=O)c1oc(CN(C)[C@@H](C)C2CC2)cc1C. The zero-order chi connectivity index (χ0) is 13.3. The Hall–Kier alpha value is -1.29. The Bertz CT molecular complexity index is 434. The first-order valence-electron chi connectivity index (χ1n) is 6.40. The lowest BCUT2D eigenvalue weighted by Gasteiger charge is -2.23. The molecule has 1 aliphatic rings. The normalized spacial score (nSPS) is 16.9. The topological polar surface area (TPSA) is 42.7 Å². The quantitative estimate of drug-likeness (QED) is 0.754. The molecule has 1 aromatic heterocycles. The fourth-order valence-corrected chi connectivity index (χ4v) is 2.25. The number of carbonyl (C=O) groups is 1. The minimum absolute atomic E-state index is 0.319. The Morgan fingerprint density at radius 2 is 2.28 bits per heavy atom. The van der Waals surface area contributed by atoms with E-state index in [0.29, 0.717) is 11.8 Å². The summed E-state index contributed by atoms with van der Waals surface area (Å²) < 4.78 is 10.3. The first kappa shape index (κ1) is 13.1. The predicted molar refractivity (Wildman–Crippen MR) is 68.4 cm³/mol. The fourth-order valence-electron chi connectivity index (χ4n) is 2.25. The van der Waals surface area contributed by atoms with Crippen LogP contribution in [0.1, 0.15) is 41.6 Å². The van der Waals surface area contributed by atoms with Crippen molar-refractivity contribution in [1.82, 2.24) is 4.90 Å². The lowest BCUT2D eigenvalue weighted by Crippen LogP contribution is -2.30. The maximum Gasteiger partial charge on any atom is 0.374 e. The molecule has 18 heavy (non-hydrogen) atoms. The van der Waals surface area contributed by atoms with E-state index in [1.165, 1.54) is 20.0 Å². The second kappa shape index (κ2) is 5.14. The Morgan fingerprint density at radius 3 is 2.83 bits per heavy atom. The van der Waals surface area contributed by atoms with Gasteiger partial charge in [0.25, 0.3) is 0 Å². The van der Waals surface area contributed by atoms with Gasteiger partial charge in [0.1, 0.15) is 5.76 Å². The highest BCUT2D eigenvalue weighted by atomic mass is 16.5. The van der Waals surface area contributed by atoms with E-state index in [1.807, 2.05) is 13.0 Å². The smallest absolute Gasteiger partial charge is 0.374 e. The van der Waals surface area contributed by atoms with Crippen LogP contribution in [0.15, 0.2) is 10.5 Å². The summed E-state index contributed by atoms with van der Waals surface area (Å²) >= 11 is 0. The first-order valence-corrected chi connectivity index (χ1v) is 6.40. The summed E-state index contributed by atoms with van der Waals surface area (Å²) in [6.07, 6.45) is 2.66. The number of furan rings is 1. The summed E-state index contributed by atoms with van der Waals surface area (Å²) in [5, 5.41) is 0. The molecule has 4 heteroatoms. The van der Waals surface area contributed by atoms with E-state index in [4.69, 9.17) is 4.42 Å². The molecular weight excluding hydrogens is 230 g/mol. The number of nitrogens with zero attached hydrogens (tertiary/aromatic N) is 1. The zero-order valence-electron chi connectivity index (χ0n) is 11.5. The molecule has 1 heterocycles. The highest BCUT2D eigenvalue weighted by Crippen LogP contribution is 2.35. The summed E-state index contributed by atoms with van der Waals surface area (Å²) in [5.74, 6) is 1.56. The van der Waals surface area contributed by atoms with Crippen molar-refractivity contribution in [2.75, 3.05) is 14.2 Å². The highest BCUT2D eigenvalue weighted by Gasteiger charge is 2.30. The van der Waals surface area contributed by atoms with Crippen molar-refractivity contribution in [1.29, 1.82) is 0 Å². The summed E-state index contributed by atoms with van der Waals surface area (Å²) in [4.78, 5) is 13.7. The predicted octanol–water partition coefficient (Wildman–Crippen LogP) is 2.60. The van der Waals surface area contributed by atoms with Crippen LogP contribution < -0.4 is 0 Å². The Labute approximate surface area is 108 Å². The van der Waals surface area contributed by atoms with Gasteiger partial charge in [-0.25, -0.2) is 4.79 Å². The second-order valence-electron chi connectivity index (χ2n) is 5.21. The third-order valence-corrected chi connectivity index (χ3v) is 3.74. The van der Waals surface area contributed by atoms with E-state index in [2.05, 4.69) is 23.6 Å². The van der Waals surface area contributed by atoms with Crippen LogP contribution in [-0.2, 0) is 11.3 Å². The van der Waals surface area contributed by atoms with Gasteiger partial charge in [0.15, 0.2) is 0 Å². The van der Waals surface area contributed by atoms with Gasteiger partial charge in [0.2, 0.25) is 5.76 Å². The number of carbonyl (C=O) groups excluding carboxylic acids is 1. The van der Waals surface area contributed by atoms with E-state index in [0.717, 1.165) is 23.8 Å². The molecule has 0 bridgehead atoms. The molecule has 0 amide bonds. The van der Waals surface area contributed by atoms with Crippen LogP contribution in [0.2, 0.25) is 0 Å². The van der Waals surface area contributed by atoms with Gasteiger partial charge in [-0.05, 0) is 45.7 Å². The Balaban J connectivity index is 2.03. The molecule has 0 aliphatic heterocycles. The number of rotatable bonds is 5. The molecule has 0 radical (unpaired) electrons. The number of ether oxygens (including phenoxy) is 1. The van der Waals surface area contributed by atoms with Gasteiger partial charge in [-0.2, -0.15) is 0 Å². The van der Waals surface area contributed by atoms with Gasteiger partial charge in [0, 0.05) is 11.6 Å². The second-order valence-corrected chi connectivity index (χ2v) is 5.21. The van der Waals surface area contributed by atoms with E-state index in [9.17, 15) is 4.79 Å². The van der Waals surface area contributed by atoms with Crippen molar-refractivity contribution in [3.8, 4) is 0 Å². The van der Waals surface area contributed by atoms with E-state index < -0.39 is 5.97 Å². The standard InChI is InChI=1S/C14H21NO3/c1-9-7-12(18-13(9)14(16)17-4)8-15(3)10(2)11-5-6-11/h7,10-11H,5-6,8H2,1-4H3/t10-/m0/s1. The molecule has 1 saturated carbocycles. The lowest BCUT2D eigenvalue weighted by atomic mass is 10.2. The van der Waals surface area contributed by atoms with Crippen molar-refractivity contribution in [2.45, 2.75) is 39.3 Å². The van der Waals surface area contributed by atoms with Crippen LogP contribution in [0.5, 0.6) is 0 Å². The average Bonchev–Trinajstić information content (AvgIpc) is 3.12.